The van der Waals surface area contributed by atoms with Crippen LogP contribution in [-0.4, -0.2) is 9.97 Å². The first kappa shape index (κ1) is 10.7. The maximum atomic E-state index is 5.56. The standard InChI is InChI=1S/C12H21N3/c1-12(2)5-3-9(4-6-12)11-14-8-10(7-13)15-11/h8-9H,3-7,13H2,1-2H3,(H,14,15). The van der Waals surface area contributed by atoms with E-state index < -0.39 is 0 Å². The molecule has 3 N–H and O–H groups in total. The third kappa shape index (κ3) is 2.40. The molecular weight excluding hydrogens is 186 g/mol. The van der Waals surface area contributed by atoms with Crippen LogP contribution in [0.1, 0.15) is 57.0 Å². The Balaban J connectivity index is 2.01. The second kappa shape index (κ2) is 3.97. The van der Waals surface area contributed by atoms with Crippen molar-refractivity contribution in [2.45, 2.75) is 52.0 Å². The predicted molar refractivity (Wildman–Crippen MR) is 61.5 cm³/mol. The Labute approximate surface area is 91.5 Å². The van der Waals surface area contributed by atoms with E-state index in [1.165, 1.54) is 25.7 Å². The van der Waals surface area contributed by atoms with Gasteiger partial charge in [0.05, 0.1) is 0 Å². The van der Waals surface area contributed by atoms with E-state index in [0.717, 1.165) is 11.5 Å². The van der Waals surface area contributed by atoms with Gasteiger partial charge in [0.15, 0.2) is 0 Å². The van der Waals surface area contributed by atoms with Gasteiger partial charge in [-0.25, -0.2) is 4.98 Å². The lowest BCUT2D eigenvalue weighted by atomic mass is 9.73. The van der Waals surface area contributed by atoms with Crippen LogP contribution in [0.25, 0.3) is 0 Å². The van der Waals surface area contributed by atoms with Crippen molar-refractivity contribution in [3.8, 4) is 0 Å². The molecule has 1 aliphatic carbocycles. The highest BCUT2D eigenvalue weighted by atomic mass is 14.9. The van der Waals surface area contributed by atoms with Gasteiger partial charge >= 0.3 is 0 Å². The molecule has 1 aliphatic rings. The van der Waals surface area contributed by atoms with Crippen LogP contribution in [0.15, 0.2) is 6.20 Å². The number of hydrogen-bond acceptors (Lipinski definition) is 2. The quantitative estimate of drug-likeness (QED) is 0.783. The van der Waals surface area contributed by atoms with E-state index in [4.69, 9.17) is 5.73 Å². The Bertz CT molecular complexity index is 317. The van der Waals surface area contributed by atoms with Crippen LogP contribution in [0.4, 0.5) is 0 Å². The molecule has 3 nitrogen and oxygen atoms in total. The first-order valence-electron chi connectivity index (χ1n) is 5.84. The number of aromatic nitrogens is 2. The van der Waals surface area contributed by atoms with Gasteiger partial charge < -0.3 is 10.7 Å². The minimum atomic E-state index is 0.528. The van der Waals surface area contributed by atoms with Crippen molar-refractivity contribution in [1.82, 2.24) is 9.97 Å². The zero-order valence-corrected chi connectivity index (χ0v) is 9.71. The van der Waals surface area contributed by atoms with Gasteiger partial charge in [-0.1, -0.05) is 13.8 Å². The van der Waals surface area contributed by atoms with Gasteiger partial charge in [-0.2, -0.15) is 0 Å². The summed E-state index contributed by atoms with van der Waals surface area (Å²) in [5, 5.41) is 0. The van der Waals surface area contributed by atoms with Crippen LogP contribution in [-0.2, 0) is 6.54 Å². The van der Waals surface area contributed by atoms with E-state index in [-0.39, 0.29) is 0 Å². The fraction of sp³-hybridized carbons (Fsp3) is 0.750. The normalized spacial score (nSPS) is 21.8. The van der Waals surface area contributed by atoms with Gasteiger partial charge in [0.25, 0.3) is 0 Å². The largest absolute Gasteiger partial charge is 0.345 e. The van der Waals surface area contributed by atoms with Crippen LogP contribution >= 0.6 is 0 Å². The van der Waals surface area contributed by atoms with Gasteiger partial charge in [-0.3, -0.25) is 0 Å². The summed E-state index contributed by atoms with van der Waals surface area (Å²) in [4.78, 5) is 7.75. The van der Waals surface area contributed by atoms with E-state index in [1.54, 1.807) is 0 Å². The maximum Gasteiger partial charge on any atom is 0.109 e. The van der Waals surface area contributed by atoms with E-state index in [0.29, 0.717) is 17.9 Å². The lowest BCUT2D eigenvalue weighted by molar-refractivity contribution is 0.221. The number of rotatable bonds is 2. The van der Waals surface area contributed by atoms with Crippen molar-refractivity contribution < 1.29 is 0 Å². The van der Waals surface area contributed by atoms with Crippen LogP contribution in [0.2, 0.25) is 0 Å². The van der Waals surface area contributed by atoms with Crippen LogP contribution in [0, 0.1) is 5.41 Å². The summed E-state index contributed by atoms with van der Waals surface area (Å²) in [5.74, 6) is 1.77. The lowest BCUT2D eigenvalue weighted by Crippen LogP contribution is -2.20. The fourth-order valence-corrected chi connectivity index (χ4v) is 2.36. The average molecular weight is 207 g/mol. The number of nitrogens with two attached hydrogens (primary N) is 1. The first-order valence-corrected chi connectivity index (χ1v) is 5.84. The molecule has 84 valence electrons. The number of nitrogens with one attached hydrogen (secondary N) is 1. The molecule has 0 radical (unpaired) electrons. The Morgan fingerprint density at radius 1 is 1.47 bits per heavy atom. The minimum absolute atomic E-state index is 0.528. The number of H-pyrrole nitrogens is 1. The van der Waals surface area contributed by atoms with Crippen molar-refractivity contribution in [2.75, 3.05) is 0 Å². The van der Waals surface area contributed by atoms with Crippen molar-refractivity contribution in [2.24, 2.45) is 11.1 Å². The molecule has 1 aromatic heterocycles. The van der Waals surface area contributed by atoms with Gasteiger partial charge in [0.2, 0.25) is 0 Å². The summed E-state index contributed by atoms with van der Waals surface area (Å²) in [5.41, 5.74) is 7.14. The Kier molecular flexibility index (Phi) is 2.83. The average Bonchev–Trinajstić information content (AvgIpc) is 2.66. The van der Waals surface area contributed by atoms with Crippen molar-refractivity contribution in [3.63, 3.8) is 0 Å². The summed E-state index contributed by atoms with van der Waals surface area (Å²) < 4.78 is 0. The summed E-state index contributed by atoms with van der Waals surface area (Å²) in [6.45, 7) is 5.28. The van der Waals surface area contributed by atoms with E-state index in [2.05, 4.69) is 23.8 Å². The molecule has 0 unspecified atom stereocenters. The highest BCUT2D eigenvalue weighted by Crippen LogP contribution is 2.41. The van der Waals surface area contributed by atoms with Crippen molar-refractivity contribution in [3.05, 3.63) is 17.7 Å². The SMILES string of the molecule is CC1(C)CCC(c2ncc(CN)[nH]2)CC1. The zero-order chi connectivity index (χ0) is 10.9. The zero-order valence-electron chi connectivity index (χ0n) is 9.71. The molecule has 3 heteroatoms. The number of aromatic amines is 1. The Hall–Kier alpha value is -0.830. The monoisotopic (exact) mass is 207 g/mol. The molecule has 15 heavy (non-hydrogen) atoms. The summed E-state index contributed by atoms with van der Waals surface area (Å²) in [7, 11) is 0. The van der Waals surface area contributed by atoms with Gasteiger partial charge in [-0.05, 0) is 31.1 Å². The minimum Gasteiger partial charge on any atom is -0.345 e. The second-order valence-corrected chi connectivity index (χ2v) is 5.44. The predicted octanol–water partition coefficient (Wildman–Crippen LogP) is 2.55. The van der Waals surface area contributed by atoms with E-state index in [9.17, 15) is 0 Å². The Morgan fingerprint density at radius 2 is 2.13 bits per heavy atom. The summed E-state index contributed by atoms with van der Waals surface area (Å²) >= 11 is 0. The highest BCUT2D eigenvalue weighted by Gasteiger charge is 2.28. The summed E-state index contributed by atoms with van der Waals surface area (Å²) in [6.07, 6.45) is 6.98. The molecule has 0 aromatic carbocycles. The van der Waals surface area contributed by atoms with E-state index >= 15 is 0 Å². The smallest absolute Gasteiger partial charge is 0.109 e. The van der Waals surface area contributed by atoms with E-state index in [1.807, 2.05) is 6.20 Å². The molecule has 0 bridgehead atoms. The number of nitrogens with zero attached hydrogens (tertiary/aromatic N) is 1. The molecule has 1 heterocycles. The molecule has 1 aromatic rings. The first-order chi connectivity index (χ1) is 7.11. The highest BCUT2D eigenvalue weighted by molar-refractivity contribution is 5.06. The third-order valence-corrected chi connectivity index (χ3v) is 3.59. The molecule has 0 aliphatic heterocycles. The molecule has 0 spiro atoms. The molecule has 1 fully saturated rings. The lowest BCUT2D eigenvalue weighted by Gasteiger charge is -2.33. The Morgan fingerprint density at radius 3 is 2.67 bits per heavy atom. The van der Waals surface area contributed by atoms with Crippen LogP contribution in [0.5, 0.6) is 0 Å². The summed E-state index contributed by atoms with van der Waals surface area (Å²) in [6, 6.07) is 0. The van der Waals surface area contributed by atoms with Crippen molar-refractivity contribution in [1.29, 1.82) is 0 Å². The fourth-order valence-electron chi connectivity index (χ4n) is 2.36. The molecule has 2 rings (SSSR count). The third-order valence-electron chi connectivity index (χ3n) is 3.59. The van der Waals surface area contributed by atoms with Gasteiger partial charge in [0, 0.05) is 24.4 Å². The molecule has 0 atom stereocenters. The number of hydrogen-bond donors (Lipinski definition) is 2. The number of imidazole rings is 1. The van der Waals surface area contributed by atoms with Crippen LogP contribution < -0.4 is 5.73 Å². The van der Waals surface area contributed by atoms with Crippen molar-refractivity contribution >= 4 is 0 Å². The van der Waals surface area contributed by atoms with Gasteiger partial charge in [-0.15, -0.1) is 0 Å². The van der Waals surface area contributed by atoms with Gasteiger partial charge in [0.1, 0.15) is 5.82 Å². The topological polar surface area (TPSA) is 54.7 Å². The van der Waals surface area contributed by atoms with Crippen LogP contribution in [0.3, 0.4) is 0 Å². The molecular formula is C12H21N3. The second-order valence-electron chi connectivity index (χ2n) is 5.44. The molecule has 0 saturated heterocycles. The molecule has 1 saturated carbocycles. The molecule has 0 amide bonds. The maximum absolute atomic E-state index is 5.56.